The molecule has 1 aromatic carbocycles. The predicted octanol–water partition coefficient (Wildman–Crippen LogP) is 1.96. The summed E-state index contributed by atoms with van der Waals surface area (Å²) in [5.41, 5.74) is 1.01. The molecule has 0 unspecified atom stereocenters. The molecule has 1 aliphatic heterocycles. The van der Waals surface area contributed by atoms with Crippen molar-refractivity contribution in [2.45, 2.75) is 18.2 Å². The van der Waals surface area contributed by atoms with Crippen LogP contribution in [0.4, 0.5) is 0 Å². The molecule has 0 saturated carbocycles. The van der Waals surface area contributed by atoms with Gasteiger partial charge in [-0.1, -0.05) is 17.7 Å². The zero-order valence-electron chi connectivity index (χ0n) is 8.84. The van der Waals surface area contributed by atoms with E-state index in [0.717, 1.165) is 11.3 Å². The van der Waals surface area contributed by atoms with E-state index in [4.69, 9.17) is 8.92 Å². The van der Waals surface area contributed by atoms with E-state index >= 15 is 0 Å². The Kier molecular flexibility index (Phi) is 2.98. The topological polar surface area (TPSA) is 55.9 Å². The van der Waals surface area contributed by atoms with Crippen LogP contribution in [0.3, 0.4) is 0 Å². The van der Waals surface area contributed by atoms with Crippen molar-refractivity contribution in [1.29, 1.82) is 0 Å². The second kappa shape index (κ2) is 4.27. The third kappa shape index (κ3) is 2.84. The van der Waals surface area contributed by atoms with Crippen LogP contribution in [0.15, 0.2) is 41.2 Å². The van der Waals surface area contributed by atoms with Crippen molar-refractivity contribution in [1.82, 2.24) is 0 Å². The predicted molar refractivity (Wildman–Crippen MR) is 58.1 cm³/mol. The van der Waals surface area contributed by atoms with Crippen molar-refractivity contribution in [3.05, 3.63) is 41.9 Å². The fourth-order valence-electron chi connectivity index (χ4n) is 1.18. The third-order valence-corrected chi connectivity index (χ3v) is 3.51. The molecule has 86 valence electrons. The Hall–Kier alpha value is -1.33. The van der Waals surface area contributed by atoms with Crippen LogP contribution in [-0.2, 0) is 19.0 Å². The summed E-state index contributed by atoms with van der Waals surface area (Å²) >= 11 is 0. The van der Waals surface area contributed by atoms with Gasteiger partial charge in [0.2, 0.25) is 0 Å². The van der Waals surface area contributed by atoms with Gasteiger partial charge >= 0.3 is 0 Å². The normalized spacial score (nSPS) is 14.2. The van der Waals surface area contributed by atoms with E-state index in [2.05, 4.69) is 0 Å². The molecule has 0 amide bonds. The summed E-state index contributed by atoms with van der Waals surface area (Å²) in [4.78, 5) is 0.184. The lowest BCUT2D eigenvalue weighted by atomic mass is 10.2. The molecule has 0 fully saturated rings. The highest BCUT2D eigenvalue weighted by atomic mass is 32.2. The molecule has 16 heavy (non-hydrogen) atoms. The molecule has 0 atom stereocenters. The van der Waals surface area contributed by atoms with Gasteiger partial charge in [0, 0.05) is 6.42 Å². The molecule has 0 N–H and O–H groups in total. The number of benzene rings is 1. The highest BCUT2D eigenvalue weighted by Gasteiger charge is 2.16. The molecule has 5 heteroatoms. The molecular formula is C11H12O4S. The maximum Gasteiger partial charge on any atom is 0.296 e. The van der Waals surface area contributed by atoms with Crippen molar-refractivity contribution in [3.8, 4) is 0 Å². The Morgan fingerprint density at radius 2 is 1.88 bits per heavy atom. The first kappa shape index (κ1) is 11.2. The van der Waals surface area contributed by atoms with Gasteiger partial charge in [0.1, 0.15) is 12.0 Å². The smallest absolute Gasteiger partial charge is 0.296 e. The van der Waals surface area contributed by atoms with Crippen LogP contribution in [0.5, 0.6) is 0 Å². The molecule has 0 aliphatic carbocycles. The first-order valence-corrected chi connectivity index (χ1v) is 6.30. The summed E-state index contributed by atoms with van der Waals surface area (Å²) in [5.74, 6) is 0.777. The Balaban J connectivity index is 1.99. The number of rotatable bonds is 5. The minimum absolute atomic E-state index is 0.113. The van der Waals surface area contributed by atoms with Gasteiger partial charge in [-0.05, 0) is 19.1 Å². The highest BCUT2D eigenvalue weighted by molar-refractivity contribution is 7.86. The monoisotopic (exact) mass is 240 g/mol. The van der Waals surface area contributed by atoms with Gasteiger partial charge in [0.25, 0.3) is 10.1 Å². The van der Waals surface area contributed by atoms with Crippen molar-refractivity contribution < 1.29 is 17.3 Å². The summed E-state index contributed by atoms with van der Waals surface area (Å²) in [7, 11) is -3.63. The minimum atomic E-state index is -3.63. The van der Waals surface area contributed by atoms with Gasteiger partial charge in [-0.25, -0.2) is 0 Å². The van der Waals surface area contributed by atoms with E-state index in [9.17, 15) is 8.42 Å². The maximum absolute atomic E-state index is 11.7. The summed E-state index contributed by atoms with van der Waals surface area (Å²) < 4.78 is 32.9. The van der Waals surface area contributed by atoms with Crippen molar-refractivity contribution in [2.75, 3.05) is 6.61 Å². The lowest BCUT2D eigenvalue weighted by molar-refractivity contribution is 0.311. The first-order valence-electron chi connectivity index (χ1n) is 4.90. The lowest BCUT2D eigenvalue weighted by Gasteiger charge is -2.04. The summed E-state index contributed by atoms with van der Waals surface area (Å²) in [6, 6.07) is 6.56. The molecule has 0 saturated heterocycles. The fourth-order valence-corrected chi connectivity index (χ4v) is 2.09. The standard InChI is InChI=1S/C11H12O4S/c1-9-2-4-11(5-3-9)16(12,13)15-7-6-10-8-14-10/h2-5,8H,6-7H2,1H3. The fraction of sp³-hybridized carbons (Fsp3) is 0.273. The van der Waals surface area contributed by atoms with E-state index in [1.54, 1.807) is 18.4 Å². The summed E-state index contributed by atoms with van der Waals surface area (Å²) in [6.45, 7) is 2.01. The van der Waals surface area contributed by atoms with E-state index in [0.29, 0.717) is 6.42 Å². The summed E-state index contributed by atoms with van der Waals surface area (Å²) in [5, 5.41) is 0. The largest absolute Gasteiger partial charge is 0.463 e. The average molecular weight is 240 g/mol. The molecule has 1 aliphatic rings. The van der Waals surface area contributed by atoms with Crippen LogP contribution >= 0.6 is 0 Å². The average Bonchev–Trinajstić information content (AvgIpc) is 3.02. The van der Waals surface area contributed by atoms with Crippen LogP contribution in [0, 0.1) is 6.92 Å². The molecule has 0 radical (unpaired) electrons. The Labute approximate surface area is 94.6 Å². The highest BCUT2D eigenvalue weighted by Crippen LogP contribution is 2.19. The van der Waals surface area contributed by atoms with Crippen LogP contribution < -0.4 is 0 Å². The van der Waals surface area contributed by atoms with E-state index in [1.165, 1.54) is 12.1 Å². The molecular weight excluding hydrogens is 228 g/mol. The molecule has 1 aromatic rings. The molecule has 1 heterocycles. The molecule has 0 aromatic heterocycles. The molecule has 0 spiro atoms. The number of ether oxygens (including phenoxy) is 1. The van der Waals surface area contributed by atoms with E-state index in [-0.39, 0.29) is 11.5 Å². The number of hydrogen-bond acceptors (Lipinski definition) is 4. The number of aryl methyl sites for hydroxylation is 1. The molecule has 2 rings (SSSR count). The van der Waals surface area contributed by atoms with Gasteiger partial charge in [0.05, 0.1) is 11.5 Å². The van der Waals surface area contributed by atoms with E-state index < -0.39 is 10.1 Å². The Morgan fingerprint density at radius 1 is 1.25 bits per heavy atom. The quantitative estimate of drug-likeness (QED) is 0.738. The SMILES string of the molecule is Cc1ccc(S(=O)(=O)OCCC2=CO2)cc1. The van der Waals surface area contributed by atoms with Crippen molar-refractivity contribution in [2.24, 2.45) is 0 Å². The van der Waals surface area contributed by atoms with Gasteiger partial charge in [-0.3, -0.25) is 4.18 Å². The minimum Gasteiger partial charge on any atom is -0.463 e. The van der Waals surface area contributed by atoms with Crippen molar-refractivity contribution in [3.63, 3.8) is 0 Å². The van der Waals surface area contributed by atoms with Crippen LogP contribution in [0.25, 0.3) is 0 Å². The van der Waals surface area contributed by atoms with Crippen LogP contribution in [-0.4, -0.2) is 15.0 Å². The second-order valence-electron chi connectivity index (χ2n) is 3.54. The van der Waals surface area contributed by atoms with Crippen LogP contribution in [0.2, 0.25) is 0 Å². The van der Waals surface area contributed by atoms with Crippen LogP contribution in [0.1, 0.15) is 12.0 Å². The van der Waals surface area contributed by atoms with Crippen molar-refractivity contribution >= 4 is 10.1 Å². The Bertz CT molecular complexity index is 499. The maximum atomic E-state index is 11.7. The molecule has 4 nitrogen and oxygen atoms in total. The Morgan fingerprint density at radius 3 is 2.44 bits per heavy atom. The van der Waals surface area contributed by atoms with Gasteiger partial charge in [-0.15, -0.1) is 0 Å². The van der Waals surface area contributed by atoms with Gasteiger partial charge in [0.15, 0.2) is 0 Å². The first-order chi connectivity index (χ1) is 7.58. The van der Waals surface area contributed by atoms with E-state index in [1.807, 2.05) is 6.92 Å². The van der Waals surface area contributed by atoms with Gasteiger partial charge < -0.3 is 4.74 Å². The number of hydrogen-bond donors (Lipinski definition) is 0. The van der Waals surface area contributed by atoms with Gasteiger partial charge in [-0.2, -0.15) is 8.42 Å². The third-order valence-electron chi connectivity index (χ3n) is 2.18. The molecule has 0 bridgehead atoms. The zero-order chi connectivity index (χ0) is 11.6. The zero-order valence-corrected chi connectivity index (χ0v) is 9.66. The second-order valence-corrected chi connectivity index (χ2v) is 5.16. The lowest BCUT2D eigenvalue weighted by Crippen LogP contribution is -2.07. The summed E-state index contributed by atoms with van der Waals surface area (Å²) in [6.07, 6.45) is 2.06.